The molecule has 1 fully saturated rings. The second-order valence-corrected chi connectivity index (χ2v) is 8.44. The smallest absolute Gasteiger partial charge is 0.255 e. The molecule has 1 saturated heterocycles. The maximum Gasteiger partial charge on any atom is 0.255 e. The summed E-state index contributed by atoms with van der Waals surface area (Å²) in [5, 5.41) is 4.07. The van der Waals surface area contributed by atoms with E-state index < -0.39 is 0 Å². The Hall–Kier alpha value is -1.95. The number of carbonyl (C=O) groups excluding carboxylic acids is 2. The van der Waals surface area contributed by atoms with Crippen LogP contribution in [-0.2, 0) is 4.79 Å². The molecule has 1 heterocycles. The molecule has 0 unspecified atom stereocenters. The standard InChI is InChI=1S/C21H22Cl3N3O2/c1-13(2)21(29)27-9-7-26(8-10-27)19-6-4-15(12-18(19)24)25-20(28)14-3-5-16(22)17(23)11-14/h3-6,11-13H,7-10H2,1-2H3,(H,25,28). The molecular weight excluding hydrogens is 433 g/mol. The molecule has 1 N–H and O–H groups in total. The lowest BCUT2D eigenvalue weighted by Crippen LogP contribution is -2.50. The van der Waals surface area contributed by atoms with Crippen molar-refractivity contribution in [1.82, 2.24) is 4.90 Å². The van der Waals surface area contributed by atoms with E-state index in [2.05, 4.69) is 10.2 Å². The average Bonchev–Trinajstić information content (AvgIpc) is 2.69. The number of piperazine rings is 1. The highest BCUT2D eigenvalue weighted by Gasteiger charge is 2.24. The quantitative estimate of drug-likeness (QED) is 0.690. The largest absolute Gasteiger partial charge is 0.367 e. The number of hydrogen-bond donors (Lipinski definition) is 1. The summed E-state index contributed by atoms with van der Waals surface area (Å²) in [4.78, 5) is 28.6. The monoisotopic (exact) mass is 453 g/mol. The normalized spacial score (nSPS) is 14.3. The second kappa shape index (κ2) is 9.24. The van der Waals surface area contributed by atoms with Crippen molar-refractivity contribution < 1.29 is 9.59 Å². The predicted octanol–water partition coefficient (Wildman–Crippen LogP) is 5.20. The van der Waals surface area contributed by atoms with Gasteiger partial charge < -0.3 is 15.1 Å². The molecule has 0 bridgehead atoms. The Morgan fingerprint density at radius 2 is 1.59 bits per heavy atom. The molecule has 0 atom stereocenters. The lowest BCUT2D eigenvalue weighted by atomic mass is 10.1. The zero-order valence-electron chi connectivity index (χ0n) is 16.2. The van der Waals surface area contributed by atoms with Crippen LogP contribution in [0.5, 0.6) is 0 Å². The molecule has 0 aliphatic carbocycles. The van der Waals surface area contributed by atoms with E-state index in [1.54, 1.807) is 18.2 Å². The number of rotatable bonds is 4. The maximum absolute atomic E-state index is 12.4. The number of benzene rings is 2. The first-order valence-corrected chi connectivity index (χ1v) is 10.5. The Morgan fingerprint density at radius 1 is 0.897 bits per heavy atom. The molecule has 8 heteroatoms. The number of carbonyl (C=O) groups is 2. The lowest BCUT2D eigenvalue weighted by Gasteiger charge is -2.37. The molecule has 0 saturated carbocycles. The van der Waals surface area contributed by atoms with E-state index in [-0.39, 0.29) is 17.7 Å². The van der Waals surface area contributed by atoms with Crippen LogP contribution in [0.2, 0.25) is 15.1 Å². The zero-order valence-corrected chi connectivity index (χ0v) is 18.5. The van der Waals surface area contributed by atoms with E-state index in [0.29, 0.717) is 52.5 Å². The Balaban J connectivity index is 1.65. The molecule has 29 heavy (non-hydrogen) atoms. The summed E-state index contributed by atoms with van der Waals surface area (Å²) in [7, 11) is 0. The van der Waals surface area contributed by atoms with Gasteiger partial charge in [-0.3, -0.25) is 9.59 Å². The Morgan fingerprint density at radius 3 is 2.17 bits per heavy atom. The first-order valence-electron chi connectivity index (χ1n) is 9.36. The molecule has 2 aromatic carbocycles. The zero-order chi connectivity index (χ0) is 21.1. The maximum atomic E-state index is 12.4. The molecule has 2 amide bonds. The van der Waals surface area contributed by atoms with Crippen molar-refractivity contribution in [2.75, 3.05) is 36.4 Å². The van der Waals surface area contributed by atoms with Gasteiger partial charge in [-0.05, 0) is 36.4 Å². The lowest BCUT2D eigenvalue weighted by molar-refractivity contribution is -0.134. The van der Waals surface area contributed by atoms with Gasteiger partial charge >= 0.3 is 0 Å². The van der Waals surface area contributed by atoms with Gasteiger partial charge in [-0.15, -0.1) is 0 Å². The summed E-state index contributed by atoms with van der Waals surface area (Å²) in [6.07, 6.45) is 0. The summed E-state index contributed by atoms with van der Waals surface area (Å²) in [5.41, 5.74) is 1.88. The molecule has 154 valence electrons. The van der Waals surface area contributed by atoms with Crippen LogP contribution < -0.4 is 10.2 Å². The Labute approximate surface area is 185 Å². The minimum Gasteiger partial charge on any atom is -0.367 e. The molecular formula is C21H22Cl3N3O2. The van der Waals surface area contributed by atoms with Gasteiger partial charge in [0, 0.05) is 43.3 Å². The average molecular weight is 455 g/mol. The van der Waals surface area contributed by atoms with Crippen LogP contribution in [0.4, 0.5) is 11.4 Å². The van der Waals surface area contributed by atoms with Crippen LogP contribution in [0, 0.1) is 5.92 Å². The highest BCUT2D eigenvalue weighted by Crippen LogP contribution is 2.30. The van der Waals surface area contributed by atoms with E-state index in [0.717, 1.165) is 5.69 Å². The minimum atomic E-state index is -0.298. The third-order valence-electron chi connectivity index (χ3n) is 4.81. The van der Waals surface area contributed by atoms with Gasteiger partial charge in [-0.1, -0.05) is 48.7 Å². The number of amides is 2. The fraction of sp³-hybridized carbons (Fsp3) is 0.333. The first-order chi connectivity index (χ1) is 13.8. The van der Waals surface area contributed by atoms with E-state index >= 15 is 0 Å². The van der Waals surface area contributed by atoms with E-state index in [9.17, 15) is 9.59 Å². The molecule has 1 aliphatic rings. The van der Waals surface area contributed by atoms with Gasteiger partial charge in [0.1, 0.15) is 0 Å². The van der Waals surface area contributed by atoms with Crippen molar-refractivity contribution in [3.8, 4) is 0 Å². The first kappa shape index (κ1) is 21.8. The topological polar surface area (TPSA) is 52.7 Å². The summed E-state index contributed by atoms with van der Waals surface area (Å²) in [5.74, 6) is -0.118. The number of nitrogens with one attached hydrogen (secondary N) is 1. The van der Waals surface area contributed by atoms with Gasteiger partial charge in [-0.2, -0.15) is 0 Å². The van der Waals surface area contributed by atoms with Crippen LogP contribution >= 0.6 is 34.8 Å². The van der Waals surface area contributed by atoms with Gasteiger partial charge in [0.15, 0.2) is 0 Å². The molecule has 0 radical (unpaired) electrons. The van der Waals surface area contributed by atoms with Crippen LogP contribution in [-0.4, -0.2) is 42.9 Å². The van der Waals surface area contributed by atoms with Crippen molar-refractivity contribution in [2.45, 2.75) is 13.8 Å². The molecule has 5 nitrogen and oxygen atoms in total. The van der Waals surface area contributed by atoms with Gasteiger partial charge in [0.05, 0.1) is 20.8 Å². The molecule has 1 aliphatic heterocycles. The van der Waals surface area contributed by atoms with Gasteiger partial charge in [0.25, 0.3) is 5.91 Å². The molecule has 3 rings (SSSR count). The van der Waals surface area contributed by atoms with Gasteiger partial charge in [-0.25, -0.2) is 0 Å². The Kier molecular flexibility index (Phi) is 6.93. The number of hydrogen-bond acceptors (Lipinski definition) is 3. The van der Waals surface area contributed by atoms with Gasteiger partial charge in [0.2, 0.25) is 5.91 Å². The summed E-state index contributed by atoms with van der Waals surface area (Å²) in [6, 6.07) is 10.1. The molecule has 0 spiro atoms. The van der Waals surface area contributed by atoms with E-state index in [1.807, 2.05) is 30.9 Å². The van der Waals surface area contributed by atoms with E-state index in [4.69, 9.17) is 34.8 Å². The minimum absolute atomic E-state index is 0.00329. The highest BCUT2D eigenvalue weighted by atomic mass is 35.5. The van der Waals surface area contributed by atoms with Crippen molar-refractivity contribution in [3.05, 3.63) is 57.0 Å². The van der Waals surface area contributed by atoms with E-state index in [1.165, 1.54) is 6.07 Å². The summed E-state index contributed by atoms with van der Waals surface area (Å²) in [6.45, 7) is 6.60. The fourth-order valence-corrected chi connectivity index (χ4v) is 3.81. The van der Waals surface area contributed by atoms with Crippen LogP contribution in [0.3, 0.4) is 0 Å². The van der Waals surface area contributed by atoms with Crippen molar-refractivity contribution >= 4 is 58.0 Å². The SMILES string of the molecule is CC(C)C(=O)N1CCN(c2ccc(NC(=O)c3ccc(Cl)c(Cl)c3)cc2Cl)CC1. The van der Waals surface area contributed by atoms with Crippen molar-refractivity contribution in [3.63, 3.8) is 0 Å². The summed E-state index contributed by atoms with van der Waals surface area (Å²) < 4.78 is 0. The second-order valence-electron chi connectivity index (χ2n) is 7.22. The third-order valence-corrected chi connectivity index (χ3v) is 5.86. The summed E-state index contributed by atoms with van der Waals surface area (Å²) >= 11 is 18.3. The van der Waals surface area contributed by atoms with Crippen LogP contribution in [0.25, 0.3) is 0 Å². The van der Waals surface area contributed by atoms with Crippen LogP contribution in [0.15, 0.2) is 36.4 Å². The molecule has 0 aromatic heterocycles. The number of halogens is 3. The number of nitrogens with zero attached hydrogens (tertiary/aromatic N) is 2. The Bertz CT molecular complexity index is 925. The fourth-order valence-electron chi connectivity index (χ4n) is 3.21. The molecule has 2 aromatic rings. The van der Waals surface area contributed by atoms with Crippen LogP contribution in [0.1, 0.15) is 24.2 Å². The van der Waals surface area contributed by atoms with Crippen molar-refractivity contribution in [1.29, 1.82) is 0 Å². The number of anilines is 2. The predicted molar refractivity (Wildman–Crippen MR) is 119 cm³/mol. The van der Waals surface area contributed by atoms with Crippen molar-refractivity contribution in [2.24, 2.45) is 5.92 Å². The highest BCUT2D eigenvalue weighted by molar-refractivity contribution is 6.42. The third kappa shape index (κ3) is 5.16.